The predicted molar refractivity (Wildman–Crippen MR) is 68.6 cm³/mol. The zero-order chi connectivity index (χ0) is 12.3. The van der Waals surface area contributed by atoms with Gasteiger partial charge in [0.15, 0.2) is 0 Å². The van der Waals surface area contributed by atoms with E-state index in [1.807, 2.05) is 0 Å². The summed E-state index contributed by atoms with van der Waals surface area (Å²) in [6.07, 6.45) is -0.790. The van der Waals surface area contributed by atoms with Crippen LogP contribution in [0.25, 0.3) is 0 Å². The Morgan fingerprint density at radius 3 is 2.56 bits per heavy atom. The third kappa shape index (κ3) is 4.32. The van der Waals surface area contributed by atoms with Crippen LogP contribution in [0.1, 0.15) is 32.4 Å². The highest BCUT2D eigenvalue weighted by Crippen LogP contribution is 2.29. The van der Waals surface area contributed by atoms with E-state index in [-0.39, 0.29) is 4.75 Å². The van der Waals surface area contributed by atoms with E-state index in [4.69, 9.17) is 11.6 Å². The number of benzene rings is 1. The largest absolute Gasteiger partial charge is 0.387 e. The first-order chi connectivity index (χ1) is 7.29. The average molecular weight is 263 g/mol. The maximum atomic E-state index is 13.5. The summed E-state index contributed by atoms with van der Waals surface area (Å²) in [4.78, 5) is 0. The lowest BCUT2D eigenvalue weighted by molar-refractivity contribution is 0.198. The second-order valence-corrected chi connectivity index (χ2v) is 6.89. The zero-order valence-electron chi connectivity index (χ0n) is 9.63. The van der Waals surface area contributed by atoms with E-state index in [9.17, 15) is 9.50 Å². The van der Waals surface area contributed by atoms with Crippen LogP contribution in [-0.4, -0.2) is 15.6 Å². The lowest BCUT2D eigenvalue weighted by Gasteiger charge is -2.20. The van der Waals surface area contributed by atoms with Crippen molar-refractivity contribution in [2.45, 2.75) is 31.6 Å². The molecule has 4 heteroatoms. The van der Waals surface area contributed by atoms with Crippen molar-refractivity contribution in [3.8, 4) is 0 Å². The molecule has 1 nitrogen and oxygen atoms in total. The average Bonchev–Trinajstić information content (AvgIpc) is 2.13. The van der Waals surface area contributed by atoms with Gasteiger partial charge in [-0.05, 0) is 12.1 Å². The molecule has 0 aliphatic carbocycles. The molecule has 0 saturated carbocycles. The molecular formula is C12H16ClFOS. The van der Waals surface area contributed by atoms with Crippen LogP contribution in [0.4, 0.5) is 4.39 Å². The minimum absolute atomic E-state index is 0.0594. The van der Waals surface area contributed by atoms with E-state index in [2.05, 4.69) is 20.8 Å². The van der Waals surface area contributed by atoms with E-state index in [0.717, 1.165) is 0 Å². The van der Waals surface area contributed by atoms with Crippen molar-refractivity contribution in [1.82, 2.24) is 0 Å². The Bertz CT molecular complexity index is 363. The molecule has 90 valence electrons. The highest BCUT2D eigenvalue weighted by molar-refractivity contribution is 8.00. The highest BCUT2D eigenvalue weighted by Gasteiger charge is 2.17. The summed E-state index contributed by atoms with van der Waals surface area (Å²) in [5.41, 5.74) is 0.307. The van der Waals surface area contributed by atoms with Gasteiger partial charge in [-0.2, -0.15) is 11.8 Å². The van der Waals surface area contributed by atoms with Crippen molar-refractivity contribution in [3.63, 3.8) is 0 Å². The number of aliphatic hydroxyl groups excluding tert-OH is 1. The molecule has 0 saturated heterocycles. The van der Waals surface area contributed by atoms with Gasteiger partial charge in [-0.1, -0.05) is 38.4 Å². The van der Waals surface area contributed by atoms with Gasteiger partial charge in [-0.25, -0.2) is 4.39 Å². The van der Waals surface area contributed by atoms with Gasteiger partial charge >= 0.3 is 0 Å². The number of hydrogen-bond donors (Lipinski definition) is 1. The van der Waals surface area contributed by atoms with Crippen molar-refractivity contribution in [2.24, 2.45) is 0 Å². The molecule has 1 atom stereocenters. The van der Waals surface area contributed by atoms with Crippen LogP contribution >= 0.6 is 23.4 Å². The number of halogens is 2. The van der Waals surface area contributed by atoms with Gasteiger partial charge in [-0.3, -0.25) is 0 Å². The Labute approximate surface area is 105 Å². The Hall–Kier alpha value is -0.250. The molecule has 1 unspecified atom stereocenters. The second kappa shape index (κ2) is 5.39. The van der Waals surface area contributed by atoms with Gasteiger partial charge in [0.25, 0.3) is 0 Å². The quantitative estimate of drug-likeness (QED) is 0.887. The molecule has 1 rings (SSSR count). The van der Waals surface area contributed by atoms with Gasteiger partial charge in [0.05, 0.1) is 6.10 Å². The van der Waals surface area contributed by atoms with Crippen LogP contribution in [-0.2, 0) is 0 Å². The zero-order valence-corrected chi connectivity index (χ0v) is 11.2. The van der Waals surface area contributed by atoms with Crippen molar-refractivity contribution in [1.29, 1.82) is 0 Å². The Balaban J connectivity index is 2.70. The van der Waals surface area contributed by atoms with Gasteiger partial charge in [0.1, 0.15) is 5.82 Å². The van der Waals surface area contributed by atoms with Crippen LogP contribution in [0.3, 0.4) is 0 Å². The van der Waals surface area contributed by atoms with Gasteiger partial charge in [-0.15, -0.1) is 0 Å². The molecule has 0 radical (unpaired) electrons. The molecule has 1 aromatic carbocycles. The monoisotopic (exact) mass is 262 g/mol. The minimum Gasteiger partial charge on any atom is -0.387 e. The minimum atomic E-state index is -0.790. The van der Waals surface area contributed by atoms with E-state index in [0.29, 0.717) is 16.3 Å². The number of hydrogen-bond acceptors (Lipinski definition) is 2. The van der Waals surface area contributed by atoms with E-state index < -0.39 is 11.9 Å². The summed E-state index contributed by atoms with van der Waals surface area (Å²) >= 11 is 7.24. The molecule has 1 aromatic rings. The van der Waals surface area contributed by atoms with Gasteiger partial charge < -0.3 is 5.11 Å². The smallest absolute Gasteiger partial charge is 0.130 e. The Kier molecular flexibility index (Phi) is 4.65. The van der Waals surface area contributed by atoms with Crippen molar-refractivity contribution >= 4 is 23.4 Å². The molecule has 0 heterocycles. The van der Waals surface area contributed by atoms with Gasteiger partial charge in [0, 0.05) is 21.1 Å². The van der Waals surface area contributed by atoms with Crippen LogP contribution < -0.4 is 0 Å². The predicted octanol–water partition coefficient (Wildman–Crippen LogP) is 4.04. The molecule has 0 aliphatic heterocycles. The SMILES string of the molecule is CC(C)(C)SCC(O)c1ccc(Cl)cc1F. The maximum absolute atomic E-state index is 13.5. The third-order valence-corrected chi connectivity index (χ3v) is 3.58. The standard InChI is InChI=1S/C12H16ClFOS/c1-12(2,3)16-7-11(15)9-5-4-8(13)6-10(9)14/h4-6,11,15H,7H2,1-3H3. The summed E-state index contributed by atoms with van der Waals surface area (Å²) in [5, 5.41) is 10.2. The molecule has 0 fully saturated rings. The Morgan fingerprint density at radius 2 is 2.06 bits per heavy atom. The molecule has 0 aromatic heterocycles. The summed E-state index contributed by atoms with van der Waals surface area (Å²) in [6.45, 7) is 6.17. The topological polar surface area (TPSA) is 20.2 Å². The summed E-state index contributed by atoms with van der Waals surface area (Å²) in [6, 6.07) is 4.35. The molecule has 0 aliphatic rings. The van der Waals surface area contributed by atoms with E-state index in [1.54, 1.807) is 17.8 Å². The first-order valence-corrected chi connectivity index (χ1v) is 6.43. The normalized spacial score (nSPS) is 13.9. The van der Waals surface area contributed by atoms with E-state index in [1.165, 1.54) is 12.1 Å². The summed E-state index contributed by atoms with van der Waals surface area (Å²) < 4.78 is 13.5. The molecule has 0 spiro atoms. The van der Waals surface area contributed by atoms with Crippen molar-refractivity contribution in [2.75, 3.05) is 5.75 Å². The first kappa shape index (κ1) is 13.8. The lowest BCUT2D eigenvalue weighted by atomic mass is 10.1. The fraction of sp³-hybridized carbons (Fsp3) is 0.500. The summed E-state index contributed by atoms with van der Waals surface area (Å²) in [5.74, 6) is 0.0247. The van der Waals surface area contributed by atoms with Crippen LogP contribution in [0.2, 0.25) is 5.02 Å². The van der Waals surface area contributed by atoms with Crippen molar-refractivity contribution < 1.29 is 9.50 Å². The third-order valence-electron chi connectivity index (χ3n) is 2.00. The van der Waals surface area contributed by atoms with Crippen LogP contribution in [0.5, 0.6) is 0 Å². The maximum Gasteiger partial charge on any atom is 0.130 e. The summed E-state index contributed by atoms with van der Waals surface area (Å²) in [7, 11) is 0. The Morgan fingerprint density at radius 1 is 1.44 bits per heavy atom. The highest BCUT2D eigenvalue weighted by atomic mass is 35.5. The number of rotatable bonds is 3. The molecule has 0 bridgehead atoms. The van der Waals surface area contributed by atoms with Crippen LogP contribution in [0, 0.1) is 5.82 Å². The molecule has 1 N–H and O–H groups in total. The fourth-order valence-corrected chi connectivity index (χ4v) is 2.19. The number of aliphatic hydroxyl groups is 1. The van der Waals surface area contributed by atoms with E-state index >= 15 is 0 Å². The lowest BCUT2D eigenvalue weighted by Crippen LogP contribution is -2.12. The molecule has 16 heavy (non-hydrogen) atoms. The van der Waals surface area contributed by atoms with Crippen LogP contribution in [0.15, 0.2) is 18.2 Å². The molecule has 0 amide bonds. The first-order valence-electron chi connectivity index (χ1n) is 5.06. The second-order valence-electron chi connectivity index (χ2n) is 4.61. The molecular weight excluding hydrogens is 247 g/mol. The van der Waals surface area contributed by atoms with Gasteiger partial charge in [0.2, 0.25) is 0 Å². The fourth-order valence-electron chi connectivity index (χ4n) is 1.19. The number of thioether (sulfide) groups is 1. The van der Waals surface area contributed by atoms with Crippen molar-refractivity contribution in [3.05, 3.63) is 34.6 Å².